The third-order valence-corrected chi connectivity index (χ3v) is 3.24. The Hall–Kier alpha value is -1.60. The standard InChI is InChI=1S/C13H16BrNO5/c1-3-20-13(18)11(15-7-16)12(17)8-4-5-10(19-2)9(14)6-8/h4-7,11-12,17H,3H2,1-2H3,(H,15,16). The minimum atomic E-state index is -1.22. The van der Waals surface area contributed by atoms with E-state index in [-0.39, 0.29) is 6.61 Å². The summed E-state index contributed by atoms with van der Waals surface area (Å²) in [5.74, 6) is -0.101. The van der Waals surface area contributed by atoms with Crippen molar-refractivity contribution in [1.29, 1.82) is 0 Å². The first-order valence-corrected chi connectivity index (χ1v) is 6.72. The molecule has 2 N–H and O–H groups in total. The van der Waals surface area contributed by atoms with Crippen LogP contribution in [0.3, 0.4) is 0 Å². The monoisotopic (exact) mass is 345 g/mol. The molecule has 20 heavy (non-hydrogen) atoms. The van der Waals surface area contributed by atoms with Crippen molar-refractivity contribution in [1.82, 2.24) is 5.32 Å². The predicted octanol–water partition coefficient (Wildman–Crippen LogP) is 1.17. The molecule has 7 heteroatoms. The summed E-state index contributed by atoms with van der Waals surface area (Å²) >= 11 is 3.29. The van der Waals surface area contributed by atoms with Crippen LogP contribution in [-0.4, -0.2) is 37.2 Å². The SMILES string of the molecule is CCOC(=O)C(NC=O)C(O)c1ccc(OC)c(Br)c1. The largest absolute Gasteiger partial charge is 0.496 e. The number of amides is 1. The highest BCUT2D eigenvalue weighted by atomic mass is 79.9. The summed E-state index contributed by atoms with van der Waals surface area (Å²) < 4.78 is 10.5. The average Bonchev–Trinajstić information content (AvgIpc) is 2.44. The molecule has 1 rings (SSSR count). The van der Waals surface area contributed by atoms with Gasteiger partial charge in [-0.25, -0.2) is 4.79 Å². The number of halogens is 1. The molecule has 1 amide bonds. The summed E-state index contributed by atoms with van der Waals surface area (Å²) in [6.45, 7) is 1.81. The van der Waals surface area contributed by atoms with Crippen LogP contribution in [0, 0.1) is 0 Å². The van der Waals surface area contributed by atoms with E-state index in [1.807, 2.05) is 0 Å². The van der Waals surface area contributed by atoms with E-state index in [2.05, 4.69) is 21.2 Å². The van der Waals surface area contributed by atoms with E-state index in [4.69, 9.17) is 9.47 Å². The fourth-order valence-corrected chi connectivity index (χ4v) is 2.21. The van der Waals surface area contributed by atoms with Gasteiger partial charge in [0, 0.05) is 0 Å². The Balaban J connectivity index is 2.99. The lowest BCUT2D eigenvalue weighted by molar-refractivity contribution is -0.149. The van der Waals surface area contributed by atoms with Gasteiger partial charge in [0.2, 0.25) is 6.41 Å². The highest BCUT2D eigenvalue weighted by Gasteiger charge is 2.29. The zero-order valence-electron chi connectivity index (χ0n) is 11.1. The van der Waals surface area contributed by atoms with E-state index in [1.165, 1.54) is 7.11 Å². The molecule has 110 valence electrons. The van der Waals surface area contributed by atoms with E-state index in [9.17, 15) is 14.7 Å². The summed E-state index contributed by atoms with van der Waals surface area (Å²) in [6.07, 6.45) is -0.870. The topological polar surface area (TPSA) is 84.9 Å². The Morgan fingerprint density at radius 3 is 2.75 bits per heavy atom. The van der Waals surface area contributed by atoms with Crippen molar-refractivity contribution in [2.45, 2.75) is 19.1 Å². The molecule has 0 saturated heterocycles. The van der Waals surface area contributed by atoms with Crippen LogP contribution < -0.4 is 10.1 Å². The van der Waals surface area contributed by atoms with Crippen LogP contribution in [-0.2, 0) is 14.3 Å². The number of nitrogens with one attached hydrogen (secondary N) is 1. The average molecular weight is 346 g/mol. The second-order valence-corrected chi connectivity index (χ2v) is 4.71. The van der Waals surface area contributed by atoms with Crippen molar-refractivity contribution < 1.29 is 24.2 Å². The van der Waals surface area contributed by atoms with Gasteiger partial charge in [-0.15, -0.1) is 0 Å². The Morgan fingerprint density at radius 1 is 1.55 bits per heavy atom. The molecule has 0 aliphatic rings. The Kier molecular flexibility index (Phi) is 6.47. The summed E-state index contributed by atoms with van der Waals surface area (Å²) in [7, 11) is 1.52. The van der Waals surface area contributed by atoms with Crippen molar-refractivity contribution in [3.63, 3.8) is 0 Å². The highest BCUT2D eigenvalue weighted by molar-refractivity contribution is 9.10. The molecular weight excluding hydrogens is 330 g/mol. The second-order valence-electron chi connectivity index (χ2n) is 3.85. The van der Waals surface area contributed by atoms with Crippen LogP contribution in [0.4, 0.5) is 0 Å². The first-order chi connectivity index (χ1) is 9.54. The summed E-state index contributed by atoms with van der Waals surface area (Å²) in [5.41, 5.74) is 0.449. The van der Waals surface area contributed by atoms with E-state index >= 15 is 0 Å². The van der Waals surface area contributed by atoms with Gasteiger partial charge in [0.05, 0.1) is 18.2 Å². The minimum absolute atomic E-state index is 0.162. The maximum Gasteiger partial charge on any atom is 0.331 e. The Bertz CT molecular complexity index is 480. The third kappa shape index (κ3) is 3.94. The van der Waals surface area contributed by atoms with Gasteiger partial charge in [-0.1, -0.05) is 6.07 Å². The summed E-state index contributed by atoms with van der Waals surface area (Å²) in [6, 6.07) is 3.70. The zero-order valence-corrected chi connectivity index (χ0v) is 12.7. The van der Waals surface area contributed by atoms with E-state index < -0.39 is 18.1 Å². The molecule has 0 spiro atoms. The molecule has 1 aromatic carbocycles. The lowest BCUT2D eigenvalue weighted by atomic mass is 10.0. The zero-order chi connectivity index (χ0) is 15.1. The van der Waals surface area contributed by atoms with Crippen LogP contribution in [0.15, 0.2) is 22.7 Å². The van der Waals surface area contributed by atoms with Crippen LogP contribution >= 0.6 is 15.9 Å². The predicted molar refractivity (Wildman–Crippen MR) is 75.3 cm³/mol. The number of ether oxygens (including phenoxy) is 2. The number of aliphatic hydroxyl groups excluding tert-OH is 1. The molecule has 0 aliphatic heterocycles. The molecule has 0 radical (unpaired) electrons. The van der Waals surface area contributed by atoms with Gasteiger partial charge in [-0.3, -0.25) is 4.79 Å². The first kappa shape index (κ1) is 16.5. The van der Waals surface area contributed by atoms with Gasteiger partial charge in [-0.2, -0.15) is 0 Å². The van der Waals surface area contributed by atoms with Crippen molar-refractivity contribution >= 4 is 28.3 Å². The molecule has 0 aromatic heterocycles. The first-order valence-electron chi connectivity index (χ1n) is 5.93. The molecule has 2 unspecified atom stereocenters. The van der Waals surface area contributed by atoms with Gasteiger partial charge in [0.15, 0.2) is 6.04 Å². The van der Waals surface area contributed by atoms with Crippen LogP contribution in [0.1, 0.15) is 18.6 Å². The third-order valence-electron chi connectivity index (χ3n) is 2.62. The second kappa shape index (κ2) is 7.86. The van der Waals surface area contributed by atoms with E-state index in [0.29, 0.717) is 22.2 Å². The quantitative estimate of drug-likeness (QED) is 0.572. The number of carbonyl (C=O) groups excluding carboxylic acids is 2. The number of rotatable bonds is 7. The smallest absolute Gasteiger partial charge is 0.331 e. The van der Waals surface area contributed by atoms with Gasteiger partial charge < -0.3 is 19.9 Å². The van der Waals surface area contributed by atoms with E-state index in [1.54, 1.807) is 25.1 Å². The van der Waals surface area contributed by atoms with E-state index in [0.717, 1.165) is 0 Å². The van der Waals surface area contributed by atoms with Gasteiger partial charge in [-0.05, 0) is 40.5 Å². The highest BCUT2D eigenvalue weighted by Crippen LogP contribution is 2.29. The molecule has 0 bridgehead atoms. The molecule has 6 nitrogen and oxygen atoms in total. The lowest BCUT2D eigenvalue weighted by Gasteiger charge is -2.21. The summed E-state index contributed by atoms with van der Waals surface area (Å²) in [5, 5.41) is 12.5. The van der Waals surface area contributed by atoms with Crippen molar-refractivity contribution in [3.8, 4) is 5.75 Å². The lowest BCUT2D eigenvalue weighted by Crippen LogP contribution is -2.42. The number of carbonyl (C=O) groups is 2. The number of esters is 1. The van der Waals surface area contributed by atoms with Crippen LogP contribution in [0.25, 0.3) is 0 Å². The normalized spacial score (nSPS) is 13.2. The number of benzene rings is 1. The fraction of sp³-hybridized carbons (Fsp3) is 0.385. The molecule has 2 atom stereocenters. The number of methoxy groups -OCH3 is 1. The molecule has 0 saturated carbocycles. The maximum atomic E-state index is 11.7. The summed E-state index contributed by atoms with van der Waals surface area (Å²) in [4.78, 5) is 22.3. The minimum Gasteiger partial charge on any atom is -0.496 e. The van der Waals surface area contributed by atoms with Crippen molar-refractivity contribution in [2.24, 2.45) is 0 Å². The molecule has 1 aromatic rings. The van der Waals surface area contributed by atoms with Gasteiger partial charge >= 0.3 is 5.97 Å². The molecular formula is C13H16BrNO5. The Labute approximate surface area is 125 Å². The van der Waals surface area contributed by atoms with Crippen LogP contribution in [0.5, 0.6) is 5.75 Å². The van der Waals surface area contributed by atoms with Crippen LogP contribution in [0.2, 0.25) is 0 Å². The van der Waals surface area contributed by atoms with Gasteiger partial charge in [0.25, 0.3) is 0 Å². The molecule has 0 heterocycles. The van der Waals surface area contributed by atoms with Crippen molar-refractivity contribution in [3.05, 3.63) is 28.2 Å². The van der Waals surface area contributed by atoms with Crippen molar-refractivity contribution in [2.75, 3.05) is 13.7 Å². The number of hydrogen-bond donors (Lipinski definition) is 2. The molecule has 0 aliphatic carbocycles. The number of aliphatic hydroxyl groups is 1. The Morgan fingerprint density at radius 2 is 2.25 bits per heavy atom. The fourth-order valence-electron chi connectivity index (χ4n) is 1.65. The maximum absolute atomic E-state index is 11.7. The molecule has 0 fully saturated rings. The number of hydrogen-bond acceptors (Lipinski definition) is 5. The van der Waals surface area contributed by atoms with Gasteiger partial charge in [0.1, 0.15) is 11.9 Å².